The first-order valence-corrected chi connectivity index (χ1v) is 10.8. The molecular formula is C25H18BrNO5. The molecule has 0 fully saturated rings. The SMILES string of the molecule is Cc1cccc(N2C(=O)C(O)=C(C(=O)c3cc4cc(Br)ccc4o3)C2c2ccc(C)o2)c1. The monoisotopic (exact) mass is 491 g/mol. The second-order valence-corrected chi connectivity index (χ2v) is 8.66. The van der Waals surface area contributed by atoms with E-state index in [0.717, 1.165) is 15.4 Å². The molecule has 32 heavy (non-hydrogen) atoms. The molecule has 5 rings (SSSR count). The highest BCUT2D eigenvalue weighted by atomic mass is 79.9. The van der Waals surface area contributed by atoms with Crippen LogP contribution in [0.5, 0.6) is 0 Å². The molecule has 0 spiro atoms. The van der Waals surface area contributed by atoms with Crippen LogP contribution in [0, 0.1) is 13.8 Å². The molecule has 1 aliphatic rings. The summed E-state index contributed by atoms with van der Waals surface area (Å²) in [5.74, 6) is -0.815. The Balaban J connectivity index is 1.66. The minimum Gasteiger partial charge on any atom is -0.503 e. The average Bonchev–Trinajstić information content (AvgIpc) is 3.44. The summed E-state index contributed by atoms with van der Waals surface area (Å²) >= 11 is 3.40. The van der Waals surface area contributed by atoms with Crippen molar-refractivity contribution >= 4 is 44.3 Å². The topological polar surface area (TPSA) is 83.9 Å². The Bertz CT molecular complexity index is 1430. The number of halogens is 1. The maximum absolute atomic E-state index is 13.5. The summed E-state index contributed by atoms with van der Waals surface area (Å²) in [6, 6.07) is 16.8. The number of aliphatic hydroxyl groups is 1. The van der Waals surface area contributed by atoms with Crippen molar-refractivity contribution in [3.63, 3.8) is 0 Å². The Morgan fingerprint density at radius 2 is 1.84 bits per heavy atom. The Morgan fingerprint density at radius 3 is 2.56 bits per heavy atom. The maximum atomic E-state index is 13.5. The molecule has 0 saturated heterocycles. The Labute approximate surface area is 191 Å². The fraction of sp³-hybridized carbons (Fsp3) is 0.120. The summed E-state index contributed by atoms with van der Waals surface area (Å²) in [5, 5.41) is 11.6. The number of carbonyl (C=O) groups excluding carboxylic acids is 2. The van der Waals surface area contributed by atoms with Gasteiger partial charge in [-0.15, -0.1) is 0 Å². The van der Waals surface area contributed by atoms with Gasteiger partial charge in [-0.05, 0) is 67.9 Å². The largest absolute Gasteiger partial charge is 0.503 e. The van der Waals surface area contributed by atoms with Gasteiger partial charge in [0.25, 0.3) is 5.91 Å². The predicted molar refractivity (Wildman–Crippen MR) is 123 cm³/mol. The van der Waals surface area contributed by atoms with E-state index in [0.29, 0.717) is 22.8 Å². The number of anilines is 1. The van der Waals surface area contributed by atoms with Gasteiger partial charge in [-0.1, -0.05) is 28.1 Å². The molecule has 1 aliphatic heterocycles. The molecule has 6 nitrogen and oxygen atoms in total. The van der Waals surface area contributed by atoms with Gasteiger partial charge < -0.3 is 13.9 Å². The third-order valence-electron chi connectivity index (χ3n) is 5.47. The zero-order chi connectivity index (χ0) is 22.6. The zero-order valence-electron chi connectivity index (χ0n) is 17.3. The van der Waals surface area contributed by atoms with Crippen LogP contribution in [0.15, 0.2) is 85.3 Å². The lowest BCUT2D eigenvalue weighted by atomic mass is 9.99. The molecule has 160 valence electrons. The second kappa shape index (κ2) is 7.53. The molecule has 4 aromatic rings. The van der Waals surface area contributed by atoms with E-state index in [9.17, 15) is 14.7 Å². The molecule has 0 aliphatic carbocycles. The van der Waals surface area contributed by atoms with Gasteiger partial charge >= 0.3 is 0 Å². The van der Waals surface area contributed by atoms with Gasteiger partial charge in [0.05, 0.1) is 5.57 Å². The first-order chi connectivity index (χ1) is 15.3. The maximum Gasteiger partial charge on any atom is 0.294 e. The summed E-state index contributed by atoms with van der Waals surface area (Å²) in [6.45, 7) is 3.68. The van der Waals surface area contributed by atoms with E-state index in [1.165, 1.54) is 4.90 Å². The number of carbonyl (C=O) groups is 2. The van der Waals surface area contributed by atoms with E-state index in [4.69, 9.17) is 8.83 Å². The number of benzene rings is 2. The molecule has 1 N–H and O–H groups in total. The molecule has 0 saturated carbocycles. The van der Waals surface area contributed by atoms with Gasteiger partial charge in [0.15, 0.2) is 11.5 Å². The molecule has 3 heterocycles. The van der Waals surface area contributed by atoms with E-state index in [1.807, 2.05) is 37.3 Å². The van der Waals surface area contributed by atoms with E-state index in [2.05, 4.69) is 15.9 Å². The Kier molecular flexibility index (Phi) is 4.78. The Hall–Kier alpha value is -3.58. The summed E-state index contributed by atoms with van der Waals surface area (Å²) in [5.41, 5.74) is 1.94. The van der Waals surface area contributed by atoms with Crippen LogP contribution in [0.25, 0.3) is 11.0 Å². The lowest BCUT2D eigenvalue weighted by Gasteiger charge is -2.25. The number of ketones is 1. The average molecular weight is 492 g/mol. The van der Waals surface area contributed by atoms with Gasteiger partial charge in [-0.2, -0.15) is 0 Å². The van der Waals surface area contributed by atoms with Gasteiger partial charge in [-0.25, -0.2) is 0 Å². The van der Waals surface area contributed by atoms with Crippen molar-refractivity contribution in [1.82, 2.24) is 0 Å². The van der Waals surface area contributed by atoms with Crippen LogP contribution >= 0.6 is 15.9 Å². The minimum atomic E-state index is -0.926. The number of furan rings is 2. The quantitative estimate of drug-likeness (QED) is 0.344. The van der Waals surface area contributed by atoms with E-state index < -0.39 is 23.5 Å². The summed E-state index contributed by atoms with van der Waals surface area (Å²) in [7, 11) is 0. The van der Waals surface area contributed by atoms with Crippen LogP contribution in [0.1, 0.15) is 33.7 Å². The first kappa shape index (κ1) is 20.3. The molecule has 1 unspecified atom stereocenters. The van der Waals surface area contributed by atoms with Crippen molar-refractivity contribution in [3.8, 4) is 0 Å². The van der Waals surface area contributed by atoms with Crippen LogP contribution in [0.4, 0.5) is 5.69 Å². The first-order valence-electron chi connectivity index (χ1n) is 9.97. The molecule has 2 aromatic carbocycles. The van der Waals surface area contributed by atoms with Gasteiger partial charge in [0.1, 0.15) is 23.1 Å². The van der Waals surface area contributed by atoms with Crippen LogP contribution in [0.3, 0.4) is 0 Å². The number of rotatable bonds is 4. The fourth-order valence-corrected chi connectivity index (χ4v) is 4.39. The number of aliphatic hydroxyl groups excluding tert-OH is 1. The Morgan fingerprint density at radius 1 is 1.03 bits per heavy atom. The van der Waals surface area contributed by atoms with Gasteiger partial charge in [0.2, 0.25) is 5.78 Å². The fourth-order valence-electron chi connectivity index (χ4n) is 4.01. The molecule has 0 bridgehead atoms. The summed E-state index contributed by atoms with van der Waals surface area (Å²) < 4.78 is 12.4. The number of amides is 1. The summed E-state index contributed by atoms with van der Waals surface area (Å²) in [6.07, 6.45) is 0. The molecule has 7 heteroatoms. The second-order valence-electron chi connectivity index (χ2n) is 7.75. The summed E-state index contributed by atoms with van der Waals surface area (Å²) in [4.78, 5) is 28.1. The van der Waals surface area contributed by atoms with Gasteiger partial charge in [-0.3, -0.25) is 14.5 Å². The van der Waals surface area contributed by atoms with Crippen molar-refractivity contribution < 1.29 is 23.5 Å². The van der Waals surface area contributed by atoms with E-state index in [-0.39, 0.29) is 11.3 Å². The molecular weight excluding hydrogens is 474 g/mol. The number of fused-ring (bicyclic) bond motifs is 1. The smallest absolute Gasteiger partial charge is 0.294 e. The number of hydrogen-bond acceptors (Lipinski definition) is 5. The van der Waals surface area contributed by atoms with Crippen molar-refractivity contribution in [2.75, 3.05) is 4.90 Å². The van der Waals surface area contributed by atoms with Crippen LogP contribution in [0.2, 0.25) is 0 Å². The number of Topliss-reactive ketones (excluding diaryl/α,β-unsaturated/α-hetero) is 1. The molecule has 0 radical (unpaired) electrons. The predicted octanol–water partition coefficient (Wildman–Crippen LogP) is 6.19. The van der Waals surface area contributed by atoms with Crippen molar-refractivity contribution in [2.24, 2.45) is 0 Å². The zero-order valence-corrected chi connectivity index (χ0v) is 18.8. The van der Waals surface area contributed by atoms with Crippen molar-refractivity contribution in [2.45, 2.75) is 19.9 Å². The standard InChI is InChI=1S/C25H18BrNO5/c1-13-4-3-5-17(10-13)27-22(19-8-6-14(2)31-19)21(24(29)25(27)30)23(28)20-12-15-11-16(26)7-9-18(15)32-20/h3-12,22,29H,1-2H3. The highest BCUT2D eigenvalue weighted by Crippen LogP contribution is 2.43. The lowest BCUT2D eigenvalue weighted by Crippen LogP contribution is -2.30. The minimum absolute atomic E-state index is 0.0341. The number of aryl methyl sites for hydroxylation is 2. The van der Waals surface area contributed by atoms with Crippen molar-refractivity contribution in [3.05, 3.63) is 99.3 Å². The normalized spacial score (nSPS) is 16.4. The van der Waals surface area contributed by atoms with Crippen LogP contribution < -0.4 is 4.90 Å². The van der Waals surface area contributed by atoms with E-state index in [1.54, 1.807) is 37.3 Å². The molecule has 2 aromatic heterocycles. The highest BCUT2D eigenvalue weighted by molar-refractivity contribution is 9.10. The lowest BCUT2D eigenvalue weighted by molar-refractivity contribution is -0.117. The van der Waals surface area contributed by atoms with Crippen LogP contribution in [-0.2, 0) is 4.79 Å². The van der Waals surface area contributed by atoms with Crippen molar-refractivity contribution in [1.29, 1.82) is 0 Å². The molecule has 1 atom stereocenters. The molecule has 1 amide bonds. The third-order valence-corrected chi connectivity index (χ3v) is 5.96. The van der Waals surface area contributed by atoms with Gasteiger partial charge in [0, 0.05) is 15.5 Å². The number of nitrogens with zero attached hydrogens (tertiary/aromatic N) is 1. The third kappa shape index (κ3) is 3.26. The number of hydrogen-bond donors (Lipinski definition) is 1. The van der Waals surface area contributed by atoms with E-state index >= 15 is 0 Å². The highest BCUT2D eigenvalue weighted by Gasteiger charge is 2.46. The van der Waals surface area contributed by atoms with Crippen LogP contribution in [-0.4, -0.2) is 16.8 Å².